The highest BCUT2D eigenvalue weighted by atomic mass is 19.1. The van der Waals surface area contributed by atoms with Gasteiger partial charge in [0.05, 0.1) is 4.92 Å². The lowest BCUT2D eigenvalue weighted by atomic mass is 9.90. The Morgan fingerprint density at radius 3 is 2.72 bits per heavy atom. The number of carboxylic acids is 1. The lowest BCUT2D eigenvalue weighted by Gasteiger charge is -2.21. The fourth-order valence-electron chi connectivity index (χ4n) is 3.63. The molecule has 138 valence electrons. The third-order valence-corrected chi connectivity index (χ3v) is 4.91. The van der Waals surface area contributed by atoms with Crippen molar-refractivity contribution in [2.45, 2.75) is 58.0 Å². The largest absolute Gasteiger partial charge is 0.480 e. The first kappa shape index (κ1) is 19.3. The summed E-state index contributed by atoms with van der Waals surface area (Å²) in [7, 11) is 0. The van der Waals surface area contributed by atoms with E-state index in [0.29, 0.717) is 23.8 Å². The number of hydrogen-bond acceptors (Lipinski definition) is 4. The molecule has 0 bridgehead atoms. The van der Waals surface area contributed by atoms with Crippen molar-refractivity contribution in [1.29, 1.82) is 0 Å². The molecule has 25 heavy (non-hydrogen) atoms. The molecule has 1 aliphatic carbocycles. The fourth-order valence-corrected chi connectivity index (χ4v) is 3.63. The van der Waals surface area contributed by atoms with Gasteiger partial charge in [0.1, 0.15) is 6.04 Å². The molecule has 6 nitrogen and oxygen atoms in total. The predicted molar refractivity (Wildman–Crippen MR) is 91.7 cm³/mol. The van der Waals surface area contributed by atoms with Gasteiger partial charge in [0, 0.05) is 12.6 Å². The van der Waals surface area contributed by atoms with Crippen molar-refractivity contribution in [3.63, 3.8) is 0 Å². The number of hydrogen-bond donors (Lipinski definition) is 2. The van der Waals surface area contributed by atoms with Gasteiger partial charge in [-0.05, 0) is 36.3 Å². The van der Waals surface area contributed by atoms with Crippen LogP contribution in [0.4, 0.5) is 10.1 Å². The number of rotatable bonds is 9. The zero-order valence-electron chi connectivity index (χ0n) is 14.4. The Hall–Kier alpha value is -2.02. The molecule has 7 heteroatoms. The lowest BCUT2D eigenvalue weighted by Crippen LogP contribution is -2.37. The van der Waals surface area contributed by atoms with Gasteiger partial charge in [-0.25, -0.2) is 0 Å². The first-order chi connectivity index (χ1) is 11.9. The Bertz CT molecular complexity index is 617. The van der Waals surface area contributed by atoms with E-state index in [0.717, 1.165) is 18.6 Å². The van der Waals surface area contributed by atoms with Gasteiger partial charge in [0.2, 0.25) is 5.82 Å². The standard InChI is InChI=1S/C18H25FN2O4/c1-12(8-13-4-2-3-5-13)9-16(18(22)23)20-11-14-6-7-15(19)17(10-14)21(24)25/h6-7,10,12-13,16,20H,2-5,8-9,11H2,1H3,(H,22,23). The number of nitrogens with one attached hydrogen (secondary N) is 1. The molecular weight excluding hydrogens is 327 g/mol. The number of halogens is 1. The monoisotopic (exact) mass is 352 g/mol. The van der Waals surface area contributed by atoms with Gasteiger partial charge in [0.15, 0.2) is 0 Å². The molecule has 1 fully saturated rings. The van der Waals surface area contributed by atoms with Crippen LogP contribution in [0.3, 0.4) is 0 Å². The second-order valence-electron chi connectivity index (χ2n) is 7.04. The lowest BCUT2D eigenvalue weighted by molar-refractivity contribution is -0.387. The summed E-state index contributed by atoms with van der Waals surface area (Å²) in [4.78, 5) is 21.5. The van der Waals surface area contributed by atoms with Gasteiger partial charge >= 0.3 is 11.7 Å². The van der Waals surface area contributed by atoms with Crippen LogP contribution in [0, 0.1) is 27.8 Å². The molecule has 1 aromatic rings. The molecule has 2 N–H and O–H groups in total. The zero-order valence-corrected chi connectivity index (χ0v) is 14.4. The third kappa shape index (κ3) is 5.77. The summed E-state index contributed by atoms with van der Waals surface area (Å²) < 4.78 is 13.4. The second-order valence-corrected chi connectivity index (χ2v) is 7.04. The molecule has 0 radical (unpaired) electrons. The first-order valence-electron chi connectivity index (χ1n) is 8.75. The minimum atomic E-state index is -0.935. The van der Waals surface area contributed by atoms with Crippen LogP contribution in [0.15, 0.2) is 18.2 Å². The van der Waals surface area contributed by atoms with Gasteiger partial charge in [-0.1, -0.05) is 38.7 Å². The smallest absolute Gasteiger partial charge is 0.320 e. The topological polar surface area (TPSA) is 92.5 Å². The average Bonchev–Trinajstić information content (AvgIpc) is 3.04. The molecule has 1 aliphatic rings. The molecule has 1 aromatic carbocycles. The van der Waals surface area contributed by atoms with E-state index < -0.39 is 28.4 Å². The van der Waals surface area contributed by atoms with Crippen LogP contribution >= 0.6 is 0 Å². The van der Waals surface area contributed by atoms with E-state index in [2.05, 4.69) is 12.2 Å². The number of aliphatic carboxylic acids is 1. The number of nitro benzene ring substituents is 1. The number of nitro groups is 1. The van der Waals surface area contributed by atoms with Crippen LogP contribution in [0.25, 0.3) is 0 Å². The zero-order chi connectivity index (χ0) is 18.4. The van der Waals surface area contributed by atoms with Gasteiger partial charge in [-0.2, -0.15) is 4.39 Å². The quantitative estimate of drug-likeness (QED) is 0.520. The van der Waals surface area contributed by atoms with E-state index >= 15 is 0 Å². The van der Waals surface area contributed by atoms with Crippen LogP contribution < -0.4 is 5.32 Å². The highest BCUT2D eigenvalue weighted by Crippen LogP contribution is 2.31. The Morgan fingerprint density at radius 2 is 2.12 bits per heavy atom. The molecule has 0 saturated heterocycles. The number of benzene rings is 1. The summed E-state index contributed by atoms with van der Waals surface area (Å²) in [5.41, 5.74) is -0.108. The maximum Gasteiger partial charge on any atom is 0.320 e. The van der Waals surface area contributed by atoms with E-state index in [4.69, 9.17) is 0 Å². The molecule has 1 saturated carbocycles. The summed E-state index contributed by atoms with van der Waals surface area (Å²) in [6.45, 7) is 2.22. The van der Waals surface area contributed by atoms with Gasteiger partial charge in [-0.15, -0.1) is 0 Å². The molecular formula is C18H25FN2O4. The summed E-state index contributed by atoms with van der Waals surface area (Å²) in [5, 5.41) is 23.1. The van der Waals surface area contributed by atoms with Crippen LogP contribution in [-0.4, -0.2) is 22.0 Å². The van der Waals surface area contributed by atoms with E-state index in [1.165, 1.54) is 31.7 Å². The average molecular weight is 352 g/mol. The Morgan fingerprint density at radius 1 is 1.44 bits per heavy atom. The number of carbonyl (C=O) groups is 1. The summed E-state index contributed by atoms with van der Waals surface area (Å²) in [6.07, 6.45) is 6.54. The van der Waals surface area contributed by atoms with Crippen LogP contribution in [-0.2, 0) is 11.3 Å². The Labute approximate surface area is 146 Å². The van der Waals surface area contributed by atoms with Crippen molar-refractivity contribution in [2.75, 3.05) is 0 Å². The Balaban J connectivity index is 1.91. The van der Waals surface area contributed by atoms with Gasteiger partial charge < -0.3 is 10.4 Å². The van der Waals surface area contributed by atoms with Crippen LogP contribution in [0.2, 0.25) is 0 Å². The van der Waals surface area contributed by atoms with Crippen LogP contribution in [0.5, 0.6) is 0 Å². The minimum absolute atomic E-state index is 0.147. The highest BCUT2D eigenvalue weighted by Gasteiger charge is 2.24. The highest BCUT2D eigenvalue weighted by molar-refractivity contribution is 5.73. The Kier molecular flexibility index (Phi) is 6.87. The third-order valence-electron chi connectivity index (χ3n) is 4.91. The van der Waals surface area contributed by atoms with Gasteiger partial charge in [-0.3, -0.25) is 14.9 Å². The number of nitrogens with zero attached hydrogens (tertiary/aromatic N) is 1. The minimum Gasteiger partial charge on any atom is -0.480 e. The number of carboxylic acid groups (broad SMARTS) is 1. The summed E-state index contributed by atoms with van der Waals surface area (Å²) in [5.74, 6) is -0.841. The van der Waals surface area contributed by atoms with Gasteiger partial charge in [0.25, 0.3) is 0 Å². The molecule has 0 heterocycles. The first-order valence-corrected chi connectivity index (χ1v) is 8.75. The maximum absolute atomic E-state index is 13.4. The van der Waals surface area contributed by atoms with E-state index in [-0.39, 0.29) is 6.54 Å². The normalized spacial score (nSPS) is 17.4. The molecule has 0 spiro atoms. The van der Waals surface area contributed by atoms with Crippen LogP contribution in [0.1, 0.15) is 51.0 Å². The summed E-state index contributed by atoms with van der Waals surface area (Å²) in [6, 6.07) is 2.88. The van der Waals surface area contributed by atoms with Crippen molar-refractivity contribution >= 4 is 11.7 Å². The SMILES string of the molecule is CC(CC1CCCC1)CC(NCc1ccc(F)c([N+](=O)[O-])c1)C(=O)O. The van der Waals surface area contributed by atoms with Crippen molar-refractivity contribution in [3.05, 3.63) is 39.7 Å². The molecule has 2 rings (SSSR count). The van der Waals surface area contributed by atoms with E-state index in [9.17, 15) is 24.4 Å². The van der Waals surface area contributed by atoms with Crippen molar-refractivity contribution in [2.24, 2.45) is 11.8 Å². The molecule has 0 aliphatic heterocycles. The van der Waals surface area contributed by atoms with E-state index in [1.807, 2.05) is 0 Å². The summed E-state index contributed by atoms with van der Waals surface area (Å²) >= 11 is 0. The molecule has 0 aromatic heterocycles. The molecule has 2 unspecified atom stereocenters. The fraction of sp³-hybridized carbons (Fsp3) is 0.611. The van der Waals surface area contributed by atoms with Crippen molar-refractivity contribution < 1.29 is 19.2 Å². The molecule has 2 atom stereocenters. The predicted octanol–water partition coefficient (Wildman–Crippen LogP) is 3.88. The second kappa shape index (κ2) is 8.89. The molecule has 0 amide bonds. The maximum atomic E-state index is 13.4. The van der Waals surface area contributed by atoms with Crippen molar-refractivity contribution in [3.8, 4) is 0 Å². The van der Waals surface area contributed by atoms with Crippen molar-refractivity contribution in [1.82, 2.24) is 5.32 Å². The van der Waals surface area contributed by atoms with E-state index in [1.54, 1.807) is 0 Å².